The molecule has 3 heteroatoms. The predicted octanol–water partition coefficient (Wildman–Crippen LogP) is 3.11. The number of hydrogen-bond donors (Lipinski definition) is 1. The lowest BCUT2D eigenvalue weighted by molar-refractivity contribution is -0.134. The lowest BCUT2D eigenvalue weighted by atomic mass is 9.85. The second-order valence-corrected chi connectivity index (χ2v) is 6.06. The highest BCUT2D eigenvalue weighted by molar-refractivity contribution is 5.77. The lowest BCUT2D eigenvalue weighted by Gasteiger charge is -2.36. The summed E-state index contributed by atoms with van der Waals surface area (Å²) in [5, 5.41) is 0. The van der Waals surface area contributed by atoms with Crippen molar-refractivity contribution in [1.82, 2.24) is 4.90 Å². The van der Waals surface area contributed by atoms with E-state index in [9.17, 15) is 4.79 Å². The average molecular weight is 274 g/mol. The molecular formula is C17H26N2O. The Bertz CT molecular complexity index is 432. The summed E-state index contributed by atoms with van der Waals surface area (Å²) < 4.78 is 0. The van der Waals surface area contributed by atoms with Crippen LogP contribution in [0, 0.1) is 5.92 Å². The Hall–Kier alpha value is -1.35. The molecule has 110 valence electrons. The Kier molecular flexibility index (Phi) is 5.18. The van der Waals surface area contributed by atoms with Crippen LogP contribution in [0.15, 0.2) is 30.3 Å². The Morgan fingerprint density at radius 1 is 1.30 bits per heavy atom. The van der Waals surface area contributed by atoms with Crippen molar-refractivity contribution >= 4 is 5.91 Å². The van der Waals surface area contributed by atoms with Crippen molar-refractivity contribution in [3.8, 4) is 0 Å². The van der Waals surface area contributed by atoms with Crippen LogP contribution in [0.4, 0.5) is 0 Å². The minimum Gasteiger partial charge on any atom is -0.342 e. The van der Waals surface area contributed by atoms with E-state index >= 15 is 0 Å². The van der Waals surface area contributed by atoms with E-state index in [0.717, 1.165) is 12.0 Å². The van der Waals surface area contributed by atoms with E-state index in [0.29, 0.717) is 18.4 Å². The molecule has 20 heavy (non-hydrogen) atoms. The highest BCUT2D eigenvalue weighted by atomic mass is 16.2. The van der Waals surface area contributed by atoms with Crippen molar-refractivity contribution in [2.75, 3.05) is 7.05 Å². The standard InChI is InChI=1S/C17H26N2O/c1-13-8-6-7-11-16(13)19(2)17(20)12-15(18)14-9-4-3-5-10-14/h3-5,9-10,13,15-16H,6-8,11-12,18H2,1-2H3. The van der Waals surface area contributed by atoms with E-state index in [1.807, 2.05) is 42.3 Å². The molecule has 0 aliphatic heterocycles. The molecule has 1 aliphatic rings. The maximum absolute atomic E-state index is 12.4. The van der Waals surface area contributed by atoms with E-state index in [4.69, 9.17) is 5.73 Å². The Labute approximate surface area is 122 Å². The molecule has 1 saturated carbocycles. The molecule has 1 aliphatic carbocycles. The molecule has 3 unspecified atom stereocenters. The van der Waals surface area contributed by atoms with Gasteiger partial charge >= 0.3 is 0 Å². The van der Waals surface area contributed by atoms with Gasteiger partial charge in [-0.3, -0.25) is 4.79 Å². The number of nitrogens with two attached hydrogens (primary N) is 1. The molecular weight excluding hydrogens is 248 g/mol. The zero-order valence-electron chi connectivity index (χ0n) is 12.6. The van der Waals surface area contributed by atoms with Gasteiger partial charge in [-0.25, -0.2) is 0 Å². The van der Waals surface area contributed by atoms with Crippen LogP contribution in [0.3, 0.4) is 0 Å². The number of hydrogen-bond acceptors (Lipinski definition) is 2. The van der Waals surface area contributed by atoms with Gasteiger partial charge in [0.25, 0.3) is 0 Å². The second kappa shape index (κ2) is 6.89. The van der Waals surface area contributed by atoms with Crippen molar-refractivity contribution in [3.63, 3.8) is 0 Å². The smallest absolute Gasteiger partial charge is 0.224 e. The maximum Gasteiger partial charge on any atom is 0.224 e. The summed E-state index contributed by atoms with van der Waals surface area (Å²) in [4.78, 5) is 14.4. The van der Waals surface area contributed by atoms with E-state index in [2.05, 4.69) is 6.92 Å². The first-order chi connectivity index (χ1) is 9.59. The average Bonchev–Trinajstić information content (AvgIpc) is 2.48. The largest absolute Gasteiger partial charge is 0.342 e. The number of carbonyl (C=O) groups is 1. The zero-order valence-corrected chi connectivity index (χ0v) is 12.6. The summed E-state index contributed by atoms with van der Waals surface area (Å²) in [6, 6.07) is 10.1. The van der Waals surface area contributed by atoms with Crippen molar-refractivity contribution in [2.45, 2.75) is 51.1 Å². The third-order valence-electron chi connectivity index (χ3n) is 4.58. The quantitative estimate of drug-likeness (QED) is 0.917. The second-order valence-electron chi connectivity index (χ2n) is 6.06. The molecule has 1 aromatic rings. The Morgan fingerprint density at radius 3 is 2.60 bits per heavy atom. The summed E-state index contributed by atoms with van der Waals surface area (Å²) in [5.41, 5.74) is 7.18. The van der Waals surface area contributed by atoms with E-state index in [1.165, 1.54) is 19.3 Å². The van der Waals surface area contributed by atoms with E-state index < -0.39 is 0 Å². The fraction of sp³-hybridized carbons (Fsp3) is 0.588. The van der Waals surface area contributed by atoms with Gasteiger partial charge in [-0.1, -0.05) is 50.1 Å². The number of nitrogens with zero attached hydrogens (tertiary/aromatic N) is 1. The molecule has 0 bridgehead atoms. The first kappa shape index (κ1) is 15.0. The summed E-state index contributed by atoms with van der Waals surface area (Å²) in [6.07, 6.45) is 5.28. The highest BCUT2D eigenvalue weighted by Gasteiger charge is 2.28. The molecule has 0 spiro atoms. The van der Waals surface area contributed by atoms with Crippen molar-refractivity contribution in [3.05, 3.63) is 35.9 Å². The fourth-order valence-electron chi connectivity index (χ4n) is 3.21. The number of rotatable bonds is 4. The van der Waals surface area contributed by atoms with Crippen LogP contribution in [0.2, 0.25) is 0 Å². The van der Waals surface area contributed by atoms with Gasteiger partial charge in [0.1, 0.15) is 0 Å². The third-order valence-corrected chi connectivity index (χ3v) is 4.58. The third kappa shape index (κ3) is 3.60. The number of amides is 1. The van der Waals surface area contributed by atoms with Gasteiger partial charge in [0.15, 0.2) is 0 Å². The molecule has 1 amide bonds. The monoisotopic (exact) mass is 274 g/mol. The van der Waals surface area contributed by atoms with Crippen LogP contribution in [-0.2, 0) is 4.79 Å². The topological polar surface area (TPSA) is 46.3 Å². The SMILES string of the molecule is CC1CCCCC1N(C)C(=O)CC(N)c1ccccc1. The Balaban J connectivity index is 1.93. The molecule has 0 radical (unpaired) electrons. The summed E-state index contributed by atoms with van der Waals surface area (Å²) in [7, 11) is 1.94. The van der Waals surface area contributed by atoms with Gasteiger partial charge in [-0.2, -0.15) is 0 Å². The van der Waals surface area contributed by atoms with Crippen molar-refractivity contribution in [2.24, 2.45) is 11.7 Å². The summed E-state index contributed by atoms with van der Waals surface area (Å²) in [6.45, 7) is 2.25. The number of benzene rings is 1. The normalized spacial score (nSPS) is 24.1. The minimum atomic E-state index is -0.204. The van der Waals surface area contributed by atoms with Crippen LogP contribution >= 0.6 is 0 Å². The van der Waals surface area contributed by atoms with Gasteiger partial charge in [-0.15, -0.1) is 0 Å². The lowest BCUT2D eigenvalue weighted by Crippen LogP contribution is -2.43. The molecule has 2 rings (SSSR count). The maximum atomic E-state index is 12.4. The van der Waals surface area contributed by atoms with E-state index in [-0.39, 0.29) is 11.9 Å². The number of carbonyl (C=O) groups excluding carboxylic acids is 1. The van der Waals surface area contributed by atoms with Crippen molar-refractivity contribution in [1.29, 1.82) is 0 Å². The highest BCUT2D eigenvalue weighted by Crippen LogP contribution is 2.28. The molecule has 0 aromatic heterocycles. The molecule has 3 atom stereocenters. The first-order valence-corrected chi connectivity index (χ1v) is 7.65. The zero-order chi connectivity index (χ0) is 14.5. The van der Waals surface area contributed by atoms with Crippen LogP contribution in [0.5, 0.6) is 0 Å². The van der Waals surface area contributed by atoms with Crippen LogP contribution in [0.1, 0.15) is 50.6 Å². The van der Waals surface area contributed by atoms with Gasteiger partial charge in [-0.05, 0) is 24.3 Å². The fourth-order valence-corrected chi connectivity index (χ4v) is 3.21. The minimum absolute atomic E-state index is 0.167. The van der Waals surface area contributed by atoms with Gasteiger partial charge < -0.3 is 10.6 Å². The van der Waals surface area contributed by atoms with E-state index in [1.54, 1.807) is 0 Å². The Morgan fingerprint density at radius 2 is 1.95 bits per heavy atom. The van der Waals surface area contributed by atoms with Crippen LogP contribution in [0.25, 0.3) is 0 Å². The van der Waals surface area contributed by atoms with Crippen molar-refractivity contribution < 1.29 is 4.79 Å². The summed E-state index contributed by atoms with van der Waals surface area (Å²) in [5.74, 6) is 0.769. The predicted molar refractivity (Wildman–Crippen MR) is 82.2 cm³/mol. The van der Waals surface area contributed by atoms with Gasteiger partial charge in [0, 0.05) is 25.6 Å². The van der Waals surface area contributed by atoms with Gasteiger partial charge in [0.05, 0.1) is 0 Å². The molecule has 2 N–H and O–H groups in total. The van der Waals surface area contributed by atoms with Crippen LogP contribution in [-0.4, -0.2) is 23.9 Å². The molecule has 1 aromatic carbocycles. The molecule has 0 heterocycles. The molecule has 3 nitrogen and oxygen atoms in total. The van der Waals surface area contributed by atoms with Crippen LogP contribution < -0.4 is 5.73 Å². The van der Waals surface area contributed by atoms with Gasteiger partial charge in [0.2, 0.25) is 5.91 Å². The first-order valence-electron chi connectivity index (χ1n) is 7.65. The molecule has 1 fully saturated rings. The summed E-state index contributed by atoms with van der Waals surface area (Å²) >= 11 is 0. The molecule has 0 saturated heterocycles.